The summed E-state index contributed by atoms with van der Waals surface area (Å²) in [4.78, 5) is 5.19. The number of nitrogens with zero attached hydrogens (tertiary/aromatic N) is 1. The third-order valence-electron chi connectivity index (χ3n) is 3.23. The summed E-state index contributed by atoms with van der Waals surface area (Å²) < 4.78 is 0.582. The van der Waals surface area contributed by atoms with Gasteiger partial charge >= 0.3 is 0 Å². The highest BCUT2D eigenvalue weighted by Gasteiger charge is 2.05. The van der Waals surface area contributed by atoms with Crippen LogP contribution in [-0.4, -0.2) is 4.98 Å². The van der Waals surface area contributed by atoms with Crippen LogP contribution in [0.1, 0.15) is 10.4 Å². The van der Waals surface area contributed by atoms with E-state index in [-0.39, 0.29) is 0 Å². The Morgan fingerprint density at radius 1 is 1.14 bits per heavy atom. The predicted octanol–water partition coefficient (Wildman–Crippen LogP) is 5.38. The molecule has 0 bridgehead atoms. The number of hydrogen-bond donors (Lipinski definition) is 1. The second-order valence-electron chi connectivity index (χ2n) is 4.85. The van der Waals surface area contributed by atoms with Crippen molar-refractivity contribution < 1.29 is 0 Å². The van der Waals surface area contributed by atoms with Crippen molar-refractivity contribution in [2.45, 2.75) is 13.5 Å². The number of thiazole rings is 1. The lowest BCUT2D eigenvalue weighted by Crippen LogP contribution is -1.99. The van der Waals surface area contributed by atoms with Gasteiger partial charge in [-0.3, -0.25) is 0 Å². The molecule has 0 saturated carbocycles. The Morgan fingerprint density at radius 3 is 2.76 bits per heavy atom. The van der Waals surface area contributed by atoms with E-state index in [1.165, 1.54) is 28.0 Å². The summed E-state index contributed by atoms with van der Waals surface area (Å²) in [7, 11) is 0. The van der Waals surface area contributed by atoms with Crippen molar-refractivity contribution in [3.63, 3.8) is 0 Å². The molecule has 2 aromatic carbocycles. The Kier molecular flexibility index (Phi) is 4.23. The quantitative estimate of drug-likeness (QED) is 0.699. The van der Waals surface area contributed by atoms with E-state index in [4.69, 9.17) is 11.6 Å². The molecular formula is C17H15ClN2S. The molecule has 3 rings (SSSR count). The minimum Gasteiger partial charge on any atom is -0.380 e. The Balaban J connectivity index is 1.86. The monoisotopic (exact) mass is 314 g/mol. The molecule has 1 N–H and O–H groups in total. The highest BCUT2D eigenvalue weighted by molar-refractivity contribution is 7.15. The lowest BCUT2D eigenvalue weighted by atomic mass is 10.0. The molecule has 106 valence electrons. The number of hydrogen-bond acceptors (Lipinski definition) is 3. The van der Waals surface area contributed by atoms with E-state index >= 15 is 0 Å². The summed E-state index contributed by atoms with van der Waals surface area (Å²) in [5.41, 5.74) is 4.81. The second-order valence-corrected chi connectivity index (χ2v) is 6.55. The molecule has 0 aliphatic heterocycles. The number of para-hydroxylation sites is 1. The van der Waals surface area contributed by atoms with Crippen LogP contribution in [0.5, 0.6) is 0 Å². The number of rotatable bonds is 4. The average molecular weight is 315 g/mol. The summed E-state index contributed by atoms with van der Waals surface area (Å²) in [6, 6.07) is 16.9. The van der Waals surface area contributed by atoms with Crippen LogP contribution < -0.4 is 5.32 Å². The number of halogens is 1. The van der Waals surface area contributed by atoms with Gasteiger partial charge in [-0.15, -0.1) is 11.3 Å². The Bertz CT molecular complexity index is 752. The van der Waals surface area contributed by atoms with Crippen LogP contribution >= 0.6 is 22.9 Å². The van der Waals surface area contributed by atoms with Crippen LogP contribution in [0, 0.1) is 6.92 Å². The largest absolute Gasteiger partial charge is 0.380 e. The third kappa shape index (κ3) is 3.43. The predicted molar refractivity (Wildman–Crippen MR) is 91.1 cm³/mol. The molecule has 4 heteroatoms. The molecule has 0 fully saturated rings. The number of aryl methyl sites for hydroxylation is 1. The highest BCUT2D eigenvalue weighted by Crippen LogP contribution is 2.29. The van der Waals surface area contributed by atoms with Crippen LogP contribution in [0.15, 0.2) is 54.7 Å². The zero-order valence-electron chi connectivity index (χ0n) is 11.6. The van der Waals surface area contributed by atoms with Crippen LogP contribution in [0.3, 0.4) is 0 Å². The zero-order chi connectivity index (χ0) is 14.7. The topological polar surface area (TPSA) is 24.9 Å². The molecule has 0 unspecified atom stereocenters. The Morgan fingerprint density at radius 2 is 2.00 bits per heavy atom. The number of benzene rings is 2. The van der Waals surface area contributed by atoms with E-state index in [1.807, 2.05) is 12.3 Å². The van der Waals surface area contributed by atoms with E-state index in [0.29, 0.717) is 4.47 Å². The van der Waals surface area contributed by atoms with Crippen LogP contribution in [-0.2, 0) is 6.54 Å². The maximum atomic E-state index is 5.87. The maximum absolute atomic E-state index is 5.87. The lowest BCUT2D eigenvalue weighted by Gasteiger charge is -2.12. The van der Waals surface area contributed by atoms with Gasteiger partial charge in [-0.2, -0.15) is 0 Å². The summed E-state index contributed by atoms with van der Waals surface area (Å²) in [5, 5.41) is 3.47. The summed E-state index contributed by atoms with van der Waals surface area (Å²) >= 11 is 7.37. The smallest absolute Gasteiger partial charge is 0.183 e. The third-order valence-corrected chi connectivity index (χ3v) is 4.35. The number of anilines is 1. The van der Waals surface area contributed by atoms with Crippen molar-refractivity contribution in [2.24, 2.45) is 0 Å². The van der Waals surface area contributed by atoms with Gasteiger partial charge in [0.25, 0.3) is 0 Å². The van der Waals surface area contributed by atoms with E-state index in [0.717, 1.165) is 17.1 Å². The number of aromatic nitrogens is 1. The van der Waals surface area contributed by atoms with Gasteiger partial charge in [-0.25, -0.2) is 4.98 Å². The molecule has 0 amide bonds. The van der Waals surface area contributed by atoms with Gasteiger partial charge < -0.3 is 5.32 Å². The molecule has 1 heterocycles. The molecule has 0 saturated heterocycles. The zero-order valence-corrected chi connectivity index (χ0v) is 13.2. The first-order valence-electron chi connectivity index (χ1n) is 6.72. The second kappa shape index (κ2) is 6.29. The fourth-order valence-corrected chi connectivity index (χ4v) is 3.17. The van der Waals surface area contributed by atoms with Gasteiger partial charge in [0.2, 0.25) is 0 Å². The minimum absolute atomic E-state index is 0.582. The molecule has 3 aromatic rings. The molecular weight excluding hydrogens is 300 g/mol. The molecule has 21 heavy (non-hydrogen) atoms. The van der Waals surface area contributed by atoms with Gasteiger partial charge in [0.05, 0.1) is 6.54 Å². The fraction of sp³-hybridized carbons (Fsp3) is 0.118. The first-order chi connectivity index (χ1) is 10.2. The van der Waals surface area contributed by atoms with Crippen molar-refractivity contribution in [3.05, 3.63) is 69.6 Å². The summed E-state index contributed by atoms with van der Waals surface area (Å²) in [6.07, 6.45) is 1.81. The fourth-order valence-electron chi connectivity index (χ4n) is 2.25. The van der Waals surface area contributed by atoms with Crippen molar-refractivity contribution in [3.8, 4) is 11.1 Å². The lowest BCUT2D eigenvalue weighted by molar-refractivity contribution is 1.18. The molecule has 0 atom stereocenters. The van der Waals surface area contributed by atoms with Crippen molar-refractivity contribution in [2.75, 3.05) is 5.32 Å². The first-order valence-corrected chi connectivity index (χ1v) is 7.92. The van der Waals surface area contributed by atoms with Crippen LogP contribution in [0.4, 0.5) is 5.69 Å². The Hall–Kier alpha value is -1.84. The van der Waals surface area contributed by atoms with Gasteiger partial charge in [0, 0.05) is 22.3 Å². The Labute approximate surface area is 133 Å². The van der Waals surface area contributed by atoms with E-state index in [2.05, 4.69) is 59.7 Å². The normalized spacial score (nSPS) is 10.6. The van der Waals surface area contributed by atoms with Crippen LogP contribution in [0.2, 0.25) is 4.47 Å². The standard InChI is InChI=1S/C17H15ClN2S/c1-12-5-4-6-13(9-12)15-7-2-3-8-16(15)19-10-14-11-20-17(18)21-14/h2-9,11,19H,10H2,1H3. The van der Waals surface area contributed by atoms with Crippen molar-refractivity contribution in [1.82, 2.24) is 4.98 Å². The van der Waals surface area contributed by atoms with Gasteiger partial charge in [-0.1, -0.05) is 59.6 Å². The minimum atomic E-state index is 0.582. The highest BCUT2D eigenvalue weighted by atomic mass is 35.5. The van der Waals surface area contributed by atoms with Crippen molar-refractivity contribution >= 4 is 28.6 Å². The summed E-state index contributed by atoms with van der Waals surface area (Å²) in [6.45, 7) is 2.84. The van der Waals surface area contributed by atoms with E-state index < -0.39 is 0 Å². The van der Waals surface area contributed by atoms with E-state index in [1.54, 1.807) is 0 Å². The average Bonchev–Trinajstić information content (AvgIpc) is 2.91. The van der Waals surface area contributed by atoms with Crippen molar-refractivity contribution in [1.29, 1.82) is 0 Å². The molecule has 2 nitrogen and oxygen atoms in total. The molecule has 0 spiro atoms. The van der Waals surface area contributed by atoms with Crippen LogP contribution in [0.25, 0.3) is 11.1 Å². The van der Waals surface area contributed by atoms with Gasteiger partial charge in [0.15, 0.2) is 4.47 Å². The first kappa shape index (κ1) is 14.1. The van der Waals surface area contributed by atoms with Gasteiger partial charge in [0.1, 0.15) is 0 Å². The summed E-state index contributed by atoms with van der Waals surface area (Å²) in [5.74, 6) is 0. The molecule has 0 aliphatic carbocycles. The maximum Gasteiger partial charge on any atom is 0.183 e. The molecule has 1 aromatic heterocycles. The molecule has 0 aliphatic rings. The number of nitrogens with one attached hydrogen (secondary N) is 1. The van der Waals surface area contributed by atoms with Gasteiger partial charge in [-0.05, 0) is 18.6 Å². The van der Waals surface area contributed by atoms with E-state index in [9.17, 15) is 0 Å². The SMILES string of the molecule is Cc1cccc(-c2ccccc2NCc2cnc(Cl)s2)c1. The molecule has 0 radical (unpaired) electrons.